The Morgan fingerprint density at radius 3 is 1.97 bits per heavy atom. The van der Waals surface area contributed by atoms with Gasteiger partial charge in [0.05, 0.1) is 20.5 Å². The molecule has 0 bridgehead atoms. The number of halogens is 2. The normalized spacial score (nSPS) is 17.7. The molecule has 35 heavy (non-hydrogen) atoms. The van der Waals surface area contributed by atoms with E-state index >= 15 is 0 Å². The van der Waals surface area contributed by atoms with E-state index in [4.69, 9.17) is 23.2 Å². The van der Waals surface area contributed by atoms with Gasteiger partial charge in [0, 0.05) is 24.7 Å². The molecule has 12 heteroatoms. The van der Waals surface area contributed by atoms with Crippen LogP contribution in [-0.4, -0.2) is 57.0 Å². The highest BCUT2D eigenvalue weighted by Crippen LogP contribution is 2.29. The zero-order chi connectivity index (χ0) is 25.2. The summed E-state index contributed by atoms with van der Waals surface area (Å²) in [5, 5.41) is 3.12. The van der Waals surface area contributed by atoms with Crippen molar-refractivity contribution in [1.29, 1.82) is 0 Å². The first-order chi connectivity index (χ1) is 16.6. The second-order valence-electron chi connectivity index (χ2n) is 7.73. The molecule has 1 amide bonds. The van der Waals surface area contributed by atoms with E-state index in [1.165, 1.54) is 36.4 Å². The lowest BCUT2D eigenvalue weighted by Crippen LogP contribution is -2.60. The van der Waals surface area contributed by atoms with Crippen molar-refractivity contribution in [2.24, 2.45) is 0 Å². The molecule has 1 aliphatic rings. The molecule has 3 aromatic rings. The number of hydrogen-bond donors (Lipinski definition) is 1. The van der Waals surface area contributed by atoms with Crippen LogP contribution in [0.4, 0.5) is 5.69 Å². The maximum atomic E-state index is 13.4. The molecule has 4 rings (SSSR count). The lowest BCUT2D eigenvalue weighted by Gasteiger charge is -2.39. The van der Waals surface area contributed by atoms with Crippen molar-refractivity contribution in [2.75, 3.05) is 25.0 Å². The van der Waals surface area contributed by atoms with Crippen molar-refractivity contribution in [3.63, 3.8) is 0 Å². The number of rotatable bonds is 6. The minimum Gasteiger partial charge on any atom is -0.323 e. The van der Waals surface area contributed by atoms with Gasteiger partial charge in [0.1, 0.15) is 6.04 Å². The van der Waals surface area contributed by atoms with Crippen LogP contribution in [0.15, 0.2) is 88.7 Å². The third kappa shape index (κ3) is 5.37. The predicted octanol–water partition coefficient (Wildman–Crippen LogP) is 3.70. The fourth-order valence-electron chi connectivity index (χ4n) is 3.74. The Bertz CT molecular complexity index is 1440. The first-order valence-corrected chi connectivity index (χ1v) is 14.1. The molecule has 0 unspecified atom stereocenters. The molecule has 1 N–H and O–H groups in total. The Hall–Kier alpha value is -2.47. The van der Waals surface area contributed by atoms with Gasteiger partial charge in [0.25, 0.3) is 0 Å². The molecule has 8 nitrogen and oxygen atoms in total. The number of amides is 1. The highest BCUT2D eigenvalue weighted by Gasteiger charge is 2.43. The Morgan fingerprint density at radius 1 is 0.800 bits per heavy atom. The van der Waals surface area contributed by atoms with Crippen molar-refractivity contribution in [1.82, 2.24) is 8.61 Å². The molecule has 3 aromatic carbocycles. The van der Waals surface area contributed by atoms with Crippen LogP contribution < -0.4 is 5.32 Å². The number of nitrogens with one attached hydrogen (secondary N) is 1. The average molecular weight is 554 g/mol. The lowest BCUT2D eigenvalue weighted by molar-refractivity contribution is -0.120. The number of sulfonamides is 2. The van der Waals surface area contributed by atoms with Gasteiger partial charge in [-0.15, -0.1) is 0 Å². The van der Waals surface area contributed by atoms with Crippen molar-refractivity contribution in [3.05, 3.63) is 88.9 Å². The second-order valence-corrected chi connectivity index (χ2v) is 12.4. The first-order valence-electron chi connectivity index (χ1n) is 10.5. The topological polar surface area (TPSA) is 104 Å². The van der Waals surface area contributed by atoms with E-state index in [0.29, 0.717) is 5.02 Å². The van der Waals surface area contributed by atoms with Crippen molar-refractivity contribution in [2.45, 2.75) is 15.8 Å². The number of anilines is 1. The van der Waals surface area contributed by atoms with Gasteiger partial charge >= 0.3 is 0 Å². The standard InChI is InChI=1S/C23H21Cl2N3O5S2/c24-17-11-12-20(25)21(15-17)26-23(29)22-16-27(34(30,31)18-7-3-1-4-8-18)13-14-28(22)35(32,33)19-9-5-2-6-10-19/h1-12,15,22H,13-14,16H2,(H,26,29)/t22-/m0/s1. The van der Waals surface area contributed by atoms with Crippen LogP contribution in [0.1, 0.15) is 0 Å². The summed E-state index contributed by atoms with van der Waals surface area (Å²) in [6, 6.07) is 18.5. The predicted molar refractivity (Wildman–Crippen MR) is 134 cm³/mol. The molecule has 0 aliphatic carbocycles. The van der Waals surface area contributed by atoms with Crippen LogP contribution in [0.2, 0.25) is 10.0 Å². The number of nitrogens with zero attached hydrogens (tertiary/aromatic N) is 2. The fraction of sp³-hybridized carbons (Fsp3) is 0.174. The van der Waals surface area contributed by atoms with E-state index in [-0.39, 0.29) is 40.1 Å². The van der Waals surface area contributed by atoms with Crippen molar-refractivity contribution >= 4 is 54.8 Å². The maximum absolute atomic E-state index is 13.4. The van der Waals surface area contributed by atoms with Crippen LogP contribution in [0, 0.1) is 0 Å². The molecule has 1 aliphatic heterocycles. The summed E-state index contributed by atoms with van der Waals surface area (Å²) >= 11 is 12.2. The summed E-state index contributed by atoms with van der Waals surface area (Å²) in [4.78, 5) is 13.4. The lowest BCUT2D eigenvalue weighted by atomic mass is 10.2. The van der Waals surface area contributed by atoms with Gasteiger partial charge in [-0.25, -0.2) is 16.8 Å². The number of carbonyl (C=O) groups excluding carboxylic acids is 1. The van der Waals surface area contributed by atoms with E-state index in [2.05, 4.69) is 5.32 Å². The largest absolute Gasteiger partial charge is 0.323 e. The van der Waals surface area contributed by atoms with Gasteiger partial charge in [-0.3, -0.25) is 4.79 Å². The molecule has 184 valence electrons. The van der Waals surface area contributed by atoms with Crippen LogP contribution in [-0.2, 0) is 24.8 Å². The highest BCUT2D eigenvalue weighted by molar-refractivity contribution is 7.89. The van der Waals surface area contributed by atoms with Crippen LogP contribution in [0.3, 0.4) is 0 Å². The summed E-state index contributed by atoms with van der Waals surface area (Å²) in [6.07, 6.45) is 0. The zero-order valence-electron chi connectivity index (χ0n) is 18.2. The summed E-state index contributed by atoms with van der Waals surface area (Å²) in [5.74, 6) is -0.735. The Balaban J connectivity index is 1.71. The minimum atomic E-state index is -4.11. The molecular formula is C23H21Cl2N3O5S2. The van der Waals surface area contributed by atoms with E-state index in [0.717, 1.165) is 8.61 Å². The van der Waals surface area contributed by atoms with Gasteiger partial charge < -0.3 is 5.32 Å². The number of hydrogen-bond acceptors (Lipinski definition) is 5. The van der Waals surface area contributed by atoms with E-state index in [1.54, 1.807) is 42.5 Å². The van der Waals surface area contributed by atoms with Crippen molar-refractivity contribution in [3.8, 4) is 0 Å². The summed E-state index contributed by atoms with van der Waals surface area (Å²) in [7, 11) is -8.07. The first kappa shape index (κ1) is 25.6. The maximum Gasteiger partial charge on any atom is 0.244 e. The molecule has 0 aromatic heterocycles. The molecule has 1 saturated heterocycles. The number of carbonyl (C=O) groups is 1. The van der Waals surface area contributed by atoms with Crippen molar-refractivity contribution < 1.29 is 21.6 Å². The number of piperazine rings is 1. The van der Waals surface area contributed by atoms with Gasteiger partial charge in [-0.05, 0) is 42.5 Å². The van der Waals surface area contributed by atoms with Crippen LogP contribution in [0.5, 0.6) is 0 Å². The van der Waals surface area contributed by atoms with Crippen LogP contribution in [0.25, 0.3) is 0 Å². The highest BCUT2D eigenvalue weighted by atomic mass is 35.5. The number of benzene rings is 3. The molecule has 0 radical (unpaired) electrons. The molecule has 0 saturated carbocycles. The summed E-state index contributed by atoms with van der Waals surface area (Å²) in [5.41, 5.74) is 0.185. The Morgan fingerprint density at radius 2 is 1.37 bits per heavy atom. The average Bonchev–Trinajstić information content (AvgIpc) is 2.87. The SMILES string of the molecule is O=C(Nc1cc(Cl)ccc1Cl)[C@@H]1CN(S(=O)(=O)c2ccccc2)CCN1S(=O)(=O)c1ccccc1. The molecule has 1 heterocycles. The second kappa shape index (κ2) is 10.3. The minimum absolute atomic E-state index is 0.00189. The molecule has 1 atom stereocenters. The van der Waals surface area contributed by atoms with Gasteiger partial charge in [-0.1, -0.05) is 59.6 Å². The zero-order valence-corrected chi connectivity index (χ0v) is 21.4. The van der Waals surface area contributed by atoms with Gasteiger partial charge in [0.15, 0.2) is 0 Å². The van der Waals surface area contributed by atoms with E-state index < -0.39 is 32.0 Å². The monoisotopic (exact) mass is 553 g/mol. The summed E-state index contributed by atoms with van der Waals surface area (Å²) < 4.78 is 55.5. The smallest absolute Gasteiger partial charge is 0.244 e. The van der Waals surface area contributed by atoms with Gasteiger partial charge in [-0.2, -0.15) is 8.61 Å². The molecule has 0 spiro atoms. The summed E-state index contributed by atoms with van der Waals surface area (Å²) in [6.45, 7) is -0.719. The Kier molecular flexibility index (Phi) is 7.51. The van der Waals surface area contributed by atoms with Crippen LogP contribution >= 0.6 is 23.2 Å². The molecule has 1 fully saturated rings. The third-order valence-corrected chi connectivity index (χ3v) is 9.88. The molecular weight excluding hydrogens is 533 g/mol. The van der Waals surface area contributed by atoms with E-state index in [9.17, 15) is 21.6 Å². The fourth-order valence-corrected chi connectivity index (χ4v) is 7.13. The quantitative estimate of drug-likeness (QED) is 0.501. The van der Waals surface area contributed by atoms with Gasteiger partial charge in [0.2, 0.25) is 26.0 Å². The Labute approximate surface area is 214 Å². The van der Waals surface area contributed by atoms with E-state index in [1.807, 2.05) is 0 Å². The third-order valence-electron chi connectivity index (χ3n) is 5.51.